The first-order valence-electron chi connectivity index (χ1n) is 21.1. The molecule has 2 aliphatic rings. The first-order valence-corrected chi connectivity index (χ1v) is 21.1. The SMILES string of the molecule is c1ccc(-c2ccc(N(c3ccc(-c4ccc5oc6ccccc6c5c4)cc3)c3ccc4c(c3)C3(c5ccccc5-4)c4ccccc4-c4c3ccc3ccccc43)cc2)cc1. The quantitative estimate of drug-likeness (QED) is 0.173. The molecular weight excluding hydrogens is 739 g/mol. The number of hydrogen-bond acceptors (Lipinski definition) is 2. The van der Waals surface area contributed by atoms with Crippen LogP contribution in [-0.2, 0) is 5.41 Å². The maximum absolute atomic E-state index is 6.17. The minimum Gasteiger partial charge on any atom is -0.456 e. The molecule has 1 aromatic heterocycles. The summed E-state index contributed by atoms with van der Waals surface area (Å²) >= 11 is 0. The van der Waals surface area contributed by atoms with Crippen molar-refractivity contribution in [1.29, 1.82) is 0 Å². The summed E-state index contributed by atoms with van der Waals surface area (Å²) in [6, 6.07) is 82.4. The van der Waals surface area contributed by atoms with Crippen LogP contribution in [-0.4, -0.2) is 0 Å². The van der Waals surface area contributed by atoms with E-state index < -0.39 is 5.41 Å². The molecule has 2 heteroatoms. The van der Waals surface area contributed by atoms with E-state index in [0.717, 1.165) is 50.1 Å². The fourth-order valence-corrected chi connectivity index (χ4v) is 10.6. The van der Waals surface area contributed by atoms with Gasteiger partial charge in [0.2, 0.25) is 0 Å². The van der Waals surface area contributed by atoms with Crippen LogP contribution in [0.25, 0.3) is 77.2 Å². The van der Waals surface area contributed by atoms with E-state index in [4.69, 9.17) is 4.42 Å². The molecule has 2 nitrogen and oxygen atoms in total. The summed E-state index contributed by atoms with van der Waals surface area (Å²) in [4.78, 5) is 2.42. The van der Waals surface area contributed by atoms with E-state index in [-0.39, 0.29) is 0 Å². The lowest BCUT2D eigenvalue weighted by Gasteiger charge is -2.32. The van der Waals surface area contributed by atoms with Crippen molar-refractivity contribution < 1.29 is 4.42 Å². The zero-order valence-corrected chi connectivity index (χ0v) is 33.2. The third-order valence-electron chi connectivity index (χ3n) is 13.3. The average Bonchev–Trinajstić information content (AvgIpc) is 3.96. The Morgan fingerprint density at radius 1 is 0.311 bits per heavy atom. The van der Waals surface area contributed by atoms with E-state index in [2.05, 4.69) is 217 Å². The van der Waals surface area contributed by atoms with E-state index in [1.54, 1.807) is 0 Å². The molecule has 0 saturated heterocycles. The molecule has 61 heavy (non-hydrogen) atoms. The highest BCUT2D eigenvalue weighted by Crippen LogP contribution is 2.64. The number of furan rings is 1. The van der Waals surface area contributed by atoms with E-state index in [1.165, 1.54) is 66.4 Å². The lowest BCUT2D eigenvalue weighted by molar-refractivity contribution is 0.669. The van der Waals surface area contributed by atoms with E-state index in [1.807, 2.05) is 12.1 Å². The molecule has 0 aliphatic heterocycles. The van der Waals surface area contributed by atoms with Crippen LogP contribution in [0.2, 0.25) is 0 Å². The number of para-hydroxylation sites is 1. The monoisotopic (exact) mass is 775 g/mol. The number of hydrogen-bond donors (Lipinski definition) is 0. The van der Waals surface area contributed by atoms with Gasteiger partial charge in [0.25, 0.3) is 0 Å². The van der Waals surface area contributed by atoms with Gasteiger partial charge < -0.3 is 9.32 Å². The second-order valence-electron chi connectivity index (χ2n) is 16.4. The molecule has 10 aromatic carbocycles. The number of benzene rings is 10. The molecule has 2 aliphatic carbocycles. The van der Waals surface area contributed by atoms with Crippen molar-refractivity contribution in [2.45, 2.75) is 5.41 Å². The van der Waals surface area contributed by atoms with Crippen LogP contribution in [0.15, 0.2) is 229 Å². The predicted molar refractivity (Wildman–Crippen MR) is 253 cm³/mol. The number of rotatable bonds is 5. The summed E-state index contributed by atoms with van der Waals surface area (Å²) in [7, 11) is 0. The van der Waals surface area contributed by atoms with Crippen LogP contribution >= 0.6 is 0 Å². The number of anilines is 3. The standard InChI is InChI=1S/C59H37NO/c1-2-12-38(13-3-1)39-22-28-43(29-23-39)60(44-30-24-40(25-31-44)42-27-35-57-51(36-42)49-17-8-11-21-56(49)61-57)45-32-33-48-47-16-6-9-19-52(47)59(55(48)37-45)53-20-10-7-18-50(53)58-46-15-5-4-14-41(46)26-34-54(58)59/h1-37H. The smallest absolute Gasteiger partial charge is 0.135 e. The van der Waals surface area contributed by atoms with Crippen LogP contribution in [0.4, 0.5) is 17.1 Å². The van der Waals surface area contributed by atoms with E-state index in [0.29, 0.717) is 0 Å². The van der Waals surface area contributed by atoms with Crippen LogP contribution in [0.5, 0.6) is 0 Å². The van der Waals surface area contributed by atoms with Crippen LogP contribution in [0, 0.1) is 0 Å². The Hall–Kier alpha value is -7.94. The largest absolute Gasteiger partial charge is 0.456 e. The van der Waals surface area contributed by atoms with Crippen LogP contribution < -0.4 is 4.90 Å². The third kappa shape index (κ3) is 4.91. The Morgan fingerprint density at radius 2 is 0.869 bits per heavy atom. The highest BCUT2D eigenvalue weighted by molar-refractivity contribution is 6.07. The summed E-state index contributed by atoms with van der Waals surface area (Å²) in [5, 5.41) is 4.83. The lowest BCUT2D eigenvalue weighted by atomic mass is 9.70. The van der Waals surface area contributed by atoms with Crippen molar-refractivity contribution in [2.24, 2.45) is 0 Å². The molecule has 11 aromatic rings. The van der Waals surface area contributed by atoms with Gasteiger partial charge in [-0.15, -0.1) is 0 Å². The van der Waals surface area contributed by atoms with Gasteiger partial charge in [0, 0.05) is 27.8 Å². The molecule has 0 radical (unpaired) electrons. The maximum Gasteiger partial charge on any atom is 0.135 e. The van der Waals surface area contributed by atoms with Gasteiger partial charge in [-0.2, -0.15) is 0 Å². The zero-order valence-electron chi connectivity index (χ0n) is 33.2. The zero-order chi connectivity index (χ0) is 40.1. The van der Waals surface area contributed by atoms with E-state index in [9.17, 15) is 0 Å². The summed E-state index contributed by atoms with van der Waals surface area (Å²) in [6.07, 6.45) is 0. The number of fused-ring (bicyclic) bond motifs is 15. The van der Waals surface area contributed by atoms with Gasteiger partial charge in [0.1, 0.15) is 11.2 Å². The predicted octanol–water partition coefficient (Wildman–Crippen LogP) is 15.9. The van der Waals surface area contributed by atoms with Gasteiger partial charge in [-0.25, -0.2) is 0 Å². The maximum atomic E-state index is 6.17. The highest BCUT2D eigenvalue weighted by atomic mass is 16.3. The molecule has 284 valence electrons. The van der Waals surface area contributed by atoms with Crippen molar-refractivity contribution in [3.05, 3.63) is 247 Å². The van der Waals surface area contributed by atoms with E-state index >= 15 is 0 Å². The Balaban J connectivity index is 1.00. The Bertz CT molecular complexity index is 3520. The molecule has 0 N–H and O–H groups in total. The normalized spacial score (nSPS) is 14.6. The summed E-state index contributed by atoms with van der Waals surface area (Å²) < 4.78 is 6.17. The third-order valence-corrected chi connectivity index (χ3v) is 13.3. The summed E-state index contributed by atoms with van der Waals surface area (Å²) in [5.41, 5.74) is 19.9. The molecular formula is C59H37NO. The Labute approximate surface area is 354 Å². The lowest BCUT2D eigenvalue weighted by Crippen LogP contribution is -2.26. The minimum absolute atomic E-state index is 0.472. The minimum atomic E-state index is -0.472. The molecule has 13 rings (SSSR count). The van der Waals surface area contributed by atoms with Gasteiger partial charge in [-0.05, 0) is 132 Å². The fraction of sp³-hybridized carbons (Fsp3) is 0.0169. The summed E-state index contributed by atoms with van der Waals surface area (Å²) in [6.45, 7) is 0. The molecule has 0 fully saturated rings. The molecule has 1 heterocycles. The van der Waals surface area contributed by atoms with Crippen molar-refractivity contribution in [3.8, 4) is 44.5 Å². The topological polar surface area (TPSA) is 16.4 Å². The Morgan fingerprint density at radius 3 is 1.66 bits per heavy atom. The first-order chi connectivity index (χ1) is 30.2. The van der Waals surface area contributed by atoms with Crippen LogP contribution in [0.3, 0.4) is 0 Å². The second kappa shape index (κ2) is 13.0. The number of nitrogens with zero attached hydrogens (tertiary/aromatic N) is 1. The van der Waals surface area contributed by atoms with Gasteiger partial charge in [-0.1, -0.05) is 170 Å². The molecule has 0 bridgehead atoms. The first kappa shape index (κ1) is 34.0. The molecule has 0 saturated carbocycles. The Kier molecular flexibility index (Phi) is 7.26. The highest BCUT2D eigenvalue weighted by Gasteiger charge is 2.52. The molecule has 1 atom stereocenters. The molecule has 1 unspecified atom stereocenters. The van der Waals surface area contributed by atoms with Crippen molar-refractivity contribution in [1.82, 2.24) is 0 Å². The van der Waals surface area contributed by atoms with Crippen molar-refractivity contribution >= 4 is 49.8 Å². The van der Waals surface area contributed by atoms with Crippen LogP contribution in [0.1, 0.15) is 22.3 Å². The van der Waals surface area contributed by atoms with Gasteiger partial charge in [0.05, 0.1) is 5.41 Å². The van der Waals surface area contributed by atoms with Crippen molar-refractivity contribution in [2.75, 3.05) is 4.90 Å². The van der Waals surface area contributed by atoms with Crippen molar-refractivity contribution in [3.63, 3.8) is 0 Å². The van der Waals surface area contributed by atoms with Gasteiger partial charge >= 0.3 is 0 Å². The summed E-state index contributed by atoms with van der Waals surface area (Å²) in [5.74, 6) is 0. The fourth-order valence-electron chi connectivity index (χ4n) is 10.6. The average molecular weight is 776 g/mol. The molecule has 0 amide bonds. The van der Waals surface area contributed by atoms with Gasteiger partial charge in [-0.3, -0.25) is 0 Å². The second-order valence-corrected chi connectivity index (χ2v) is 16.4. The van der Waals surface area contributed by atoms with Gasteiger partial charge in [0.15, 0.2) is 0 Å². The molecule has 1 spiro atoms.